The van der Waals surface area contributed by atoms with Crippen molar-refractivity contribution < 1.29 is 9.53 Å². The molecule has 0 spiro atoms. The lowest BCUT2D eigenvalue weighted by Crippen LogP contribution is -2.40. The lowest BCUT2D eigenvalue weighted by atomic mass is 10.1. The number of aromatic amines is 1. The Morgan fingerprint density at radius 2 is 2.23 bits per heavy atom. The first kappa shape index (κ1) is 15.1. The summed E-state index contributed by atoms with van der Waals surface area (Å²) in [6.07, 6.45) is 2.14. The number of nitrogens with one attached hydrogen (secondary N) is 2. The molecule has 116 valence electrons. The van der Waals surface area contributed by atoms with Gasteiger partial charge in [-0.2, -0.15) is 5.10 Å². The van der Waals surface area contributed by atoms with Gasteiger partial charge in [-0.05, 0) is 38.0 Å². The maximum absolute atomic E-state index is 12.3. The standard InChI is InChI=1S/C16H18ClN3O2/c1-10(15-3-2-8-22-15)18-16(21)14-9-13(19-20-14)11-4-6-12(17)7-5-11/h4-7,9-10,15H,2-3,8H2,1H3,(H,18,21)(H,19,20). The Bertz CT molecular complexity index is 648. The topological polar surface area (TPSA) is 67.0 Å². The summed E-state index contributed by atoms with van der Waals surface area (Å²) in [6, 6.07) is 9.05. The zero-order valence-corrected chi connectivity index (χ0v) is 13.1. The van der Waals surface area contributed by atoms with E-state index in [9.17, 15) is 4.79 Å². The highest BCUT2D eigenvalue weighted by Crippen LogP contribution is 2.20. The van der Waals surface area contributed by atoms with Crippen molar-refractivity contribution in [3.8, 4) is 11.3 Å². The van der Waals surface area contributed by atoms with Crippen LogP contribution in [0.2, 0.25) is 5.02 Å². The summed E-state index contributed by atoms with van der Waals surface area (Å²) in [5.74, 6) is -0.171. The van der Waals surface area contributed by atoms with Crippen LogP contribution in [-0.2, 0) is 4.74 Å². The van der Waals surface area contributed by atoms with Crippen LogP contribution in [0.25, 0.3) is 11.3 Å². The van der Waals surface area contributed by atoms with Gasteiger partial charge in [-0.25, -0.2) is 0 Å². The van der Waals surface area contributed by atoms with Crippen LogP contribution in [0.15, 0.2) is 30.3 Å². The Balaban J connectivity index is 1.67. The smallest absolute Gasteiger partial charge is 0.269 e. The van der Waals surface area contributed by atoms with E-state index in [1.807, 2.05) is 19.1 Å². The van der Waals surface area contributed by atoms with Crippen molar-refractivity contribution in [2.75, 3.05) is 6.61 Å². The van der Waals surface area contributed by atoms with E-state index in [2.05, 4.69) is 15.5 Å². The van der Waals surface area contributed by atoms with Crippen LogP contribution < -0.4 is 5.32 Å². The van der Waals surface area contributed by atoms with Crippen molar-refractivity contribution in [1.29, 1.82) is 0 Å². The molecule has 0 bridgehead atoms. The van der Waals surface area contributed by atoms with Gasteiger partial charge in [0.15, 0.2) is 0 Å². The molecule has 1 aliphatic rings. The fraction of sp³-hybridized carbons (Fsp3) is 0.375. The van der Waals surface area contributed by atoms with Gasteiger partial charge in [0.1, 0.15) is 5.69 Å². The van der Waals surface area contributed by atoms with E-state index in [1.54, 1.807) is 18.2 Å². The summed E-state index contributed by atoms with van der Waals surface area (Å²) in [7, 11) is 0. The molecule has 3 rings (SSSR count). The SMILES string of the molecule is CC(NC(=O)c1cc(-c2ccc(Cl)cc2)n[nH]1)C1CCCO1. The number of amides is 1. The van der Waals surface area contributed by atoms with Gasteiger partial charge in [-0.1, -0.05) is 23.7 Å². The van der Waals surface area contributed by atoms with Gasteiger partial charge < -0.3 is 10.1 Å². The Hall–Kier alpha value is -1.85. The molecule has 0 radical (unpaired) electrons. The van der Waals surface area contributed by atoms with Crippen molar-refractivity contribution in [2.45, 2.75) is 31.9 Å². The molecule has 1 aromatic carbocycles. The summed E-state index contributed by atoms with van der Waals surface area (Å²) in [6.45, 7) is 2.74. The first-order valence-corrected chi connectivity index (χ1v) is 7.75. The van der Waals surface area contributed by atoms with Gasteiger partial charge >= 0.3 is 0 Å². The third-order valence-corrected chi connectivity index (χ3v) is 4.10. The first-order chi connectivity index (χ1) is 10.6. The summed E-state index contributed by atoms with van der Waals surface area (Å²) < 4.78 is 5.58. The number of benzene rings is 1. The minimum atomic E-state index is -0.171. The van der Waals surface area contributed by atoms with Gasteiger partial charge in [0, 0.05) is 17.2 Å². The average Bonchev–Trinajstić information content (AvgIpc) is 3.20. The average molecular weight is 320 g/mol. The van der Waals surface area contributed by atoms with E-state index in [1.165, 1.54) is 0 Å². The number of halogens is 1. The van der Waals surface area contributed by atoms with Crippen molar-refractivity contribution in [2.24, 2.45) is 0 Å². The molecule has 2 aromatic rings. The molecule has 5 nitrogen and oxygen atoms in total. The van der Waals surface area contributed by atoms with E-state index in [-0.39, 0.29) is 18.1 Å². The van der Waals surface area contributed by atoms with Gasteiger partial charge in [0.05, 0.1) is 17.8 Å². The molecule has 1 amide bonds. The number of rotatable bonds is 4. The van der Waals surface area contributed by atoms with Crippen LogP contribution in [0.3, 0.4) is 0 Å². The highest BCUT2D eigenvalue weighted by atomic mass is 35.5. The fourth-order valence-electron chi connectivity index (χ4n) is 2.58. The number of carbonyl (C=O) groups excluding carboxylic acids is 1. The van der Waals surface area contributed by atoms with E-state index >= 15 is 0 Å². The highest BCUT2D eigenvalue weighted by molar-refractivity contribution is 6.30. The lowest BCUT2D eigenvalue weighted by molar-refractivity contribution is 0.0709. The fourth-order valence-corrected chi connectivity index (χ4v) is 2.71. The monoisotopic (exact) mass is 319 g/mol. The maximum atomic E-state index is 12.3. The second-order valence-corrected chi connectivity index (χ2v) is 5.92. The van der Waals surface area contributed by atoms with Gasteiger partial charge in [0.2, 0.25) is 0 Å². The highest BCUT2D eigenvalue weighted by Gasteiger charge is 2.24. The molecular formula is C16H18ClN3O2. The molecule has 2 N–H and O–H groups in total. The van der Waals surface area contributed by atoms with Gasteiger partial charge in [-0.15, -0.1) is 0 Å². The first-order valence-electron chi connectivity index (χ1n) is 7.37. The number of hydrogen-bond acceptors (Lipinski definition) is 3. The van der Waals surface area contributed by atoms with Crippen LogP contribution in [0.5, 0.6) is 0 Å². The zero-order chi connectivity index (χ0) is 15.5. The molecule has 1 aliphatic heterocycles. The third-order valence-electron chi connectivity index (χ3n) is 3.84. The maximum Gasteiger partial charge on any atom is 0.269 e. The largest absolute Gasteiger partial charge is 0.376 e. The molecule has 2 atom stereocenters. The number of nitrogens with zero attached hydrogens (tertiary/aromatic N) is 1. The number of hydrogen-bond donors (Lipinski definition) is 2. The molecule has 0 saturated carbocycles. The molecule has 1 fully saturated rings. The zero-order valence-electron chi connectivity index (χ0n) is 12.3. The quantitative estimate of drug-likeness (QED) is 0.910. The third kappa shape index (κ3) is 3.31. The van der Waals surface area contributed by atoms with Crippen molar-refractivity contribution in [3.05, 3.63) is 41.0 Å². The van der Waals surface area contributed by atoms with Crippen LogP contribution in [0, 0.1) is 0 Å². The van der Waals surface area contributed by atoms with Crippen molar-refractivity contribution in [1.82, 2.24) is 15.5 Å². The van der Waals surface area contributed by atoms with Gasteiger partial charge in [-0.3, -0.25) is 9.89 Å². The molecule has 6 heteroatoms. The summed E-state index contributed by atoms with van der Waals surface area (Å²) in [5.41, 5.74) is 2.06. The van der Waals surface area contributed by atoms with Crippen LogP contribution in [-0.4, -0.2) is 34.9 Å². The minimum Gasteiger partial charge on any atom is -0.376 e. The summed E-state index contributed by atoms with van der Waals surface area (Å²) >= 11 is 5.87. The molecule has 2 heterocycles. The molecule has 0 aliphatic carbocycles. The predicted octanol–water partition coefficient (Wildman–Crippen LogP) is 3.03. The molecule has 1 aromatic heterocycles. The van der Waals surface area contributed by atoms with Crippen LogP contribution in [0.1, 0.15) is 30.3 Å². The summed E-state index contributed by atoms with van der Waals surface area (Å²) in [4.78, 5) is 12.3. The Morgan fingerprint density at radius 3 is 2.91 bits per heavy atom. The van der Waals surface area contributed by atoms with Crippen molar-refractivity contribution in [3.63, 3.8) is 0 Å². The minimum absolute atomic E-state index is 0.0164. The number of ether oxygens (including phenoxy) is 1. The summed E-state index contributed by atoms with van der Waals surface area (Å²) in [5, 5.41) is 10.6. The van der Waals surface area contributed by atoms with E-state index < -0.39 is 0 Å². The number of H-pyrrole nitrogens is 1. The van der Waals surface area contributed by atoms with E-state index in [0.717, 1.165) is 25.0 Å². The van der Waals surface area contributed by atoms with E-state index in [4.69, 9.17) is 16.3 Å². The second-order valence-electron chi connectivity index (χ2n) is 5.49. The van der Waals surface area contributed by atoms with Crippen molar-refractivity contribution >= 4 is 17.5 Å². The molecule has 1 saturated heterocycles. The second kappa shape index (κ2) is 6.50. The normalized spacial score (nSPS) is 19.1. The number of carbonyl (C=O) groups is 1. The Labute approximate surface area is 134 Å². The van der Waals surface area contributed by atoms with Crippen LogP contribution in [0.4, 0.5) is 0 Å². The molecular weight excluding hydrogens is 302 g/mol. The van der Waals surface area contributed by atoms with Crippen LogP contribution >= 0.6 is 11.6 Å². The predicted molar refractivity (Wildman–Crippen MR) is 84.9 cm³/mol. The Morgan fingerprint density at radius 1 is 1.45 bits per heavy atom. The molecule has 2 unspecified atom stereocenters. The van der Waals surface area contributed by atoms with Gasteiger partial charge in [0.25, 0.3) is 5.91 Å². The number of aromatic nitrogens is 2. The Kier molecular flexibility index (Phi) is 4.45. The van der Waals surface area contributed by atoms with E-state index in [0.29, 0.717) is 16.4 Å². The lowest BCUT2D eigenvalue weighted by Gasteiger charge is -2.19. The molecule has 22 heavy (non-hydrogen) atoms.